The van der Waals surface area contributed by atoms with Crippen LogP contribution >= 0.6 is 0 Å². The molecule has 0 bridgehead atoms. The summed E-state index contributed by atoms with van der Waals surface area (Å²) in [6.45, 7) is 2.96. The van der Waals surface area contributed by atoms with Crippen molar-refractivity contribution in [3.05, 3.63) is 35.4 Å². The van der Waals surface area contributed by atoms with Gasteiger partial charge in [0.05, 0.1) is 0 Å². The van der Waals surface area contributed by atoms with Gasteiger partial charge < -0.3 is 5.11 Å². The highest BCUT2D eigenvalue weighted by molar-refractivity contribution is 5.82. The van der Waals surface area contributed by atoms with Crippen LogP contribution in [0.3, 0.4) is 0 Å². The van der Waals surface area contributed by atoms with E-state index in [-0.39, 0.29) is 0 Å². The maximum atomic E-state index is 11.8. The Morgan fingerprint density at radius 3 is 2.83 bits per heavy atom. The van der Waals surface area contributed by atoms with Crippen molar-refractivity contribution in [1.29, 1.82) is 0 Å². The molecule has 1 N–H and O–H groups in total. The summed E-state index contributed by atoms with van der Waals surface area (Å²) in [7, 11) is 1.94. The van der Waals surface area contributed by atoms with Crippen LogP contribution in [0.2, 0.25) is 0 Å². The minimum atomic E-state index is -0.814. The monoisotopic (exact) mass is 247 g/mol. The average molecular weight is 247 g/mol. The first-order valence-electron chi connectivity index (χ1n) is 6.66. The van der Waals surface area contributed by atoms with Crippen LogP contribution in [0.5, 0.6) is 0 Å². The van der Waals surface area contributed by atoms with Crippen molar-refractivity contribution in [3.63, 3.8) is 0 Å². The molecular formula is C15H21NO2. The second-order valence-corrected chi connectivity index (χ2v) is 5.10. The number of nitrogens with zero attached hydrogens (tertiary/aromatic N) is 1. The zero-order valence-electron chi connectivity index (χ0n) is 11.1. The minimum absolute atomic E-state index is 0.682. The fourth-order valence-electron chi connectivity index (χ4n) is 2.96. The normalized spacial score (nSPS) is 22.2. The number of fused-ring (bicyclic) bond motifs is 1. The highest BCUT2D eigenvalue weighted by Gasteiger charge is 2.48. The summed E-state index contributed by atoms with van der Waals surface area (Å²) in [5.41, 5.74) is 1.35. The summed E-state index contributed by atoms with van der Waals surface area (Å²) in [5, 5.41) is 9.74. The SMILES string of the molecule is CCCCN(C)C1(C(=O)O)CCc2ccccc21. The lowest BCUT2D eigenvalue weighted by molar-refractivity contribution is -0.151. The minimum Gasteiger partial charge on any atom is -0.480 e. The van der Waals surface area contributed by atoms with Crippen molar-refractivity contribution in [2.45, 2.75) is 38.1 Å². The van der Waals surface area contributed by atoms with Gasteiger partial charge in [0.15, 0.2) is 0 Å². The summed E-state index contributed by atoms with van der Waals surface area (Å²) < 4.78 is 0. The highest BCUT2D eigenvalue weighted by Crippen LogP contribution is 2.41. The molecule has 1 unspecified atom stereocenters. The number of aliphatic carboxylic acids is 1. The van der Waals surface area contributed by atoms with E-state index in [9.17, 15) is 9.90 Å². The Bertz CT molecular complexity index is 444. The van der Waals surface area contributed by atoms with E-state index in [4.69, 9.17) is 0 Å². The molecule has 1 atom stereocenters. The molecule has 3 heteroatoms. The highest BCUT2D eigenvalue weighted by atomic mass is 16.4. The molecule has 1 aliphatic rings. The molecular weight excluding hydrogens is 226 g/mol. The molecule has 0 amide bonds. The summed E-state index contributed by atoms with van der Waals surface area (Å²) >= 11 is 0. The zero-order chi connectivity index (χ0) is 13.2. The van der Waals surface area contributed by atoms with E-state index < -0.39 is 11.5 Å². The van der Waals surface area contributed by atoms with Crippen LogP contribution in [-0.2, 0) is 16.8 Å². The Hall–Kier alpha value is -1.35. The van der Waals surface area contributed by atoms with Crippen LogP contribution in [0.4, 0.5) is 0 Å². The Balaban J connectivity index is 2.38. The van der Waals surface area contributed by atoms with Crippen LogP contribution in [-0.4, -0.2) is 29.6 Å². The molecule has 0 saturated heterocycles. The molecule has 0 fully saturated rings. The predicted molar refractivity (Wildman–Crippen MR) is 71.6 cm³/mol. The van der Waals surface area contributed by atoms with Gasteiger partial charge in [-0.15, -0.1) is 0 Å². The molecule has 2 rings (SSSR count). The summed E-state index contributed by atoms with van der Waals surface area (Å²) in [5.74, 6) is -0.717. The van der Waals surface area contributed by atoms with Crippen molar-refractivity contribution >= 4 is 5.97 Å². The van der Waals surface area contributed by atoms with Gasteiger partial charge in [-0.25, -0.2) is 4.79 Å². The van der Waals surface area contributed by atoms with Gasteiger partial charge in [0.2, 0.25) is 0 Å². The second-order valence-electron chi connectivity index (χ2n) is 5.10. The van der Waals surface area contributed by atoms with Gasteiger partial charge in [0.1, 0.15) is 5.54 Å². The third-order valence-electron chi connectivity index (χ3n) is 4.07. The lowest BCUT2D eigenvalue weighted by atomic mass is 9.90. The van der Waals surface area contributed by atoms with Gasteiger partial charge in [-0.2, -0.15) is 0 Å². The largest absolute Gasteiger partial charge is 0.480 e. The molecule has 18 heavy (non-hydrogen) atoms. The van der Waals surface area contributed by atoms with E-state index >= 15 is 0 Å². The number of likely N-dealkylation sites (N-methyl/N-ethyl adjacent to an activating group) is 1. The third kappa shape index (κ3) is 1.93. The van der Waals surface area contributed by atoms with Crippen LogP contribution in [0.25, 0.3) is 0 Å². The van der Waals surface area contributed by atoms with E-state index in [1.165, 1.54) is 5.56 Å². The molecule has 0 aromatic heterocycles. The fraction of sp³-hybridized carbons (Fsp3) is 0.533. The van der Waals surface area contributed by atoms with E-state index in [0.29, 0.717) is 6.42 Å². The van der Waals surface area contributed by atoms with Crippen molar-refractivity contribution < 1.29 is 9.90 Å². The molecule has 98 valence electrons. The molecule has 1 aromatic rings. The van der Waals surface area contributed by atoms with Gasteiger partial charge >= 0.3 is 5.97 Å². The fourth-order valence-corrected chi connectivity index (χ4v) is 2.96. The lowest BCUT2D eigenvalue weighted by Crippen LogP contribution is -2.49. The van der Waals surface area contributed by atoms with Crippen molar-refractivity contribution in [2.75, 3.05) is 13.6 Å². The molecule has 0 heterocycles. The molecule has 0 saturated carbocycles. The second kappa shape index (κ2) is 5.11. The number of benzene rings is 1. The van der Waals surface area contributed by atoms with Crippen molar-refractivity contribution in [1.82, 2.24) is 4.90 Å². The first-order chi connectivity index (χ1) is 8.63. The molecule has 0 aliphatic heterocycles. The van der Waals surface area contributed by atoms with E-state index in [1.54, 1.807) is 0 Å². The summed E-state index contributed by atoms with van der Waals surface area (Å²) in [6, 6.07) is 7.95. The quantitative estimate of drug-likeness (QED) is 0.869. The number of unbranched alkanes of at least 4 members (excludes halogenated alkanes) is 1. The predicted octanol–water partition coefficient (Wildman–Crippen LogP) is 2.64. The number of carboxylic acids is 1. The Morgan fingerprint density at radius 1 is 1.44 bits per heavy atom. The summed E-state index contributed by atoms with van der Waals surface area (Å²) in [6.07, 6.45) is 3.66. The van der Waals surface area contributed by atoms with E-state index in [2.05, 4.69) is 6.92 Å². The number of aryl methyl sites for hydroxylation is 1. The number of hydrogen-bond donors (Lipinski definition) is 1. The first kappa shape index (κ1) is 13.1. The van der Waals surface area contributed by atoms with Gasteiger partial charge in [0.25, 0.3) is 0 Å². The van der Waals surface area contributed by atoms with E-state index in [1.807, 2.05) is 36.2 Å². The molecule has 3 nitrogen and oxygen atoms in total. The maximum absolute atomic E-state index is 11.8. The lowest BCUT2D eigenvalue weighted by Gasteiger charge is -2.35. The van der Waals surface area contributed by atoms with Crippen LogP contribution in [0, 0.1) is 0 Å². The Morgan fingerprint density at radius 2 is 2.17 bits per heavy atom. The van der Waals surface area contributed by atoms with Crippen molar-refractivity contribution in [2.24, 2.45) is 0 Å². The van der Waals surface area contributed by atoms with Crippen molar-refractivity contribution in [3.8, 4) is 0 Å². The summed E-state index contributed by atoms with van der Waals surface area (Å²) in [4.78, 5) is 13.9. The van der Waals surface area contributed by atoms with Gasteiger partial charge in [0, 0.05) is 0 Å². The molecule has 1 aromatic carbocycles. The molecule has 1 aliphatic carbocycles. The standard InChI is InChI=1S/C15H21NO2/c1-3-4-11-16(2)15(14(17)18)10-9-12-7-5-6-8-13(12)15/h5-8H,3-4,9-11H2,1-2H3,(H,17,18). The van der Waals surface area contributed by atoms with Gasteiger partial charge in [-0.1, -0.05) is 37.6 Å². The van der Waals surface area contributed by atoms with E-state index in [0.717, 1.165) is 31.4 Å². The van der Waals surface area contributed by atoms with Crippen LogP contribution in [0.1, 0.15) is 37.3 Å². The van der Waals surface area contributed by atoms with Gasteiger partial charge in [-0.3, -0.25) is 4.90 Å². The van der Waals surface area contributed by atoms with Gasteiger partial charge in [-0.05, 0) is 44.0 Å². The first-order valence-corrected chi connectivity index (χ1v) is 6.66. The smallest absolute Gasteiger partial charge is 0.328 e. The number of rotatable bonds is 5. The third-order valence-corrected chi connectivity index (χ3v) is 4.07. The number of carboxylic acid groups (broad SMARTS) is 1. The topological polar surface area (TPSA) is 40.5 Å². The van der Waals surface area contributed by atoms with Crippen LogP contribution in [0.15, 0.2) is 24.3 Å². The maximum Gasteiger partial charge on any atom is 0.328 e. The number of hydrogen-bond acceptors (Lipinski definition) is 2. The average Bonchev–Trinajstić information content (AvgIpc) is 2.76. The molecule has 0 radical (unpaired) electrons. The van der Waals surface area contributed by atoms with Crippen LogP contribution < -0.4 is 0 Å². The Labute approximate surface area is 108 Å². The molecule has 0 spiro atoms. The Kier molecular flexibility index (Phi) is 3.71. The zero-order valence-corrected chi connectivity index (χ0v) is 11.1. The number of carbonyl (C=O) groups is 1.